The van der Waals surface area contributed by atoms with E-state index in [4.69, 9.17) is 4.74 Å². The molecule has 2 saturated heterocycles. The van der Waals surface area contributed by atoms with Gasteiger partial charge >= 0.3 is 0 Å². The predicted molar refractivity (Wildman–Crippen MR) is 99.9 cm³/mol. The van der Waals surface area contributed by atoms with Gasteiger partial charge in [0.1, 0.15) is 0 Å². The lowest BCUT2D eigenvalue weighted by Gasteiger charge is -2.61. The van der Waals surface area contributed by atoms with Crippen LogP contribution in [0.25, 0.3) is 0 Å². The van der Waals surface area contributed by atoms with E-state index in [9.17, 15) is 15.0 Å². The number of piperidine rings is 1. The fourth-order valence-electron chi connectivity index (χ4n) is 5.97. The molecule has 0 unspecified atom stereocenters. The van der Waals surface area contributed by atoms with Crippen molar-refractivity contribution in [1.82, 2.24) is 10.2 Å². The molecular formula is C21H28N2O4. The Morgan fingerprint density at radius 3 is 2.89 bits per heavy atom. The van der Waals surface area contributed by atoms with E-state index >= 15 is 0 Å². The number of benzene rings is 1. The molecule has 3 fully saturated rings. The number of hydrogen-bond acceptors (Lipinski definition) is 5. The Morgan fingerprint density at radius 1 is 1.33 bits per heavy atom. The normalized spacial score (nSPS) is 35.6. The summed E-state index contributed by atoms with van der Waals surface area (Å²) in [4.78, 5) is 15.0. The number of aromatic hydroxyl groups is 1. The maximum Gasteiger partial charge on any atom is 0.221 e. The average molecular weight is 372 g/mol. The molecule has 1 aromatic rings. The largest absolute Gasteiger partial charge is 0.504 e. The summed E-state index contributed by atoms with van der Waals surface area (Å²) in [5.41, 5.74) is -0.0115. The van der Waals surface area contributed by atoms with E-state index in [1.54, 1.807) is 6.07 Å². The van der Waals surface area contributed by atoms with Gasteiger partial charge in [0.05, 0.1) is 12.7 Å². The molecule has 4 aliphatic rings. The van der Waals surface area contributed by atoms with E-state index in [2.05, 4.69) is 10.2 Å². The van der Waals surface area contributed by atoms with Crippen LogP contribution in [-0.2, 0) is 16.6 Å². The lowest BCUT2D eigenvalue weighted by Crippen LogP contribution is -2.71. The molecule has 2 heterocycles. The standard InChI is InChI=1S/C21H28N2O4/c1-27-15-5-4-14-10-16-21(26)6-8-22-17(24)11-20(21,18(14)19(15)25)7-9-23(16)12-13-2-3-13/h4-5,13,16,25-26H,2-3,6-12H2,1H3,(H,22,24)/t16-,20-,21-/m1/s1. The predicted octanol–water partition coefficient (Wildman–Crippen LogP) is 1.32. The molecular weight excluding hydrogens is 344 g/mol. The van der Waals surface area contributed by atoms with Gasteiger partial charge in [0.25, 0.3) is 0 Å². The third-order valence-corrected chi connectivity index (χ3v) is 7.47. The first-order valence-corrected chi connectivity index (χ1v) is 10.1. The fourth-order valence-corrected chi connectivity index (χ4v) is 5.97. The summed E-state index contributed by atoms with van der Waals surface area (Å²) in [6.45, 7) is 2.36. The molecule has 6 nitrogen and oxygen atoms in total. The van der Waals surface area contributed by atoms with Crippen molar-refractivity contribution in [2.75, 3.05) is 26.7 Å². The maximum absolute atomic E-state index is 12.6. The first-order valence-electron chi connectivity index (χ1n) is 10.1. The second-order valence-corrected chi connectivity index (χ2v) is 8.84. The van der Waals surface area contributed by atoms with Crippen molar-refractivity contribution in [3.8, 4) is 11.5 Å². The van der Waals surface area contributed by atoms with E-state index in [1.165, 1.54) is 20.0 Å². The van der Waals surface area contributed by atoms with Crippen LogP contribution in [0.3, 0.4) is 0 Å². The number of nitrogens with one attached hydrogen (secondary N) is 1. The number of aliphatic hydroxyl groups is 1. The molecule has 0 radical (unpaired) electrons. The van der Waals surface area contributed by atoms with E-state index in [1.807, 2.05) is 6.07 Å². The Balaban J connectivity index is 1.70. The Morgan fingerprint density at radius 2 is 2.15 bits per heavy atom. The molecule has 1 amide bonds. The molecule has 1 saturated carbocycles. The number of nitrogens with zero attached hydrogens (tertiary/aromatic N) is 1. The number of hydrogen-bond donors (Lipinski definition) is 3. The van der Waals surface area contributed by atoms with E-state index < -0.39 is 11.0 Å². The molecule has 27 heavy (non-hydrogen) atoms. The van der Waals surface area contributed by atoms with Crippen LogP contribution in [0, 0.1) is 5.92 Å². The maximum atomic E-state index is 12.6. The summed E-state index contributed by atoms with van der Waals surface area (Å²) in [5, 5.41) is 26.1. The Bertz CT molecular complexity index is 793. The highest BCUT2D eigenvalue weighted by atomic mass is 16.5. The Kier molecular flexibility index (Phi) is 3.75. The van der Waals surface area contributed by atoms with Crippen molar-refractivity contribution in [3.63, 3.8) is 0 Å². The van der Waals surface area contributed by atoms with Crippen LogP contribution in [0.2, 0.25) is 0 Å². The van der Waals surface area contributed by atoms with Crippen molar-refractivity contribution in [3.05, 3.63) is 23.3 Å². The summed E-state index contributed by atoms with van der Waals surface area (Å²) < 4.78 is 5.36. The number of likely N-dealkylation sites (tertiary alicyclic amines) is 1. The second-order valence-electron chi connectivity index (χ2n) is 8.84. The van der Waals surface area contributed by atoms with Gasteiger partial charge in [-0.1, -0.05) is 6.07 Å². The number of fused-ring (bicyclic) bond motifs is 1. The van der Waals surface area contributed by atoms with Gasteiger partial charge in [-0.3, -0.25) is 9.69 Å². The highest BCUT2D eigenvalue weighted by Gasteiger charge is 2.65. The van der Waals surface area contributed by atoms with Crippen LogP contribution in [0.5, 0.6) is 11.5 Å². The van der Waals surface area contributed by atoms with Gasteiger partial charge in [-0.05, 0) is 56.2 Å². The van der Waals surface area contributed by atoms with Crippen molar-refractivity contribution in [2.24, 2.45) is 5.92 Å². The SMILES string of the molecule is COc1ccc2c(c1O)[C@]13CCN(CC4CC4)[C@H](C2)[C@]1(O)CCNC(=O)C3. The molecule has 6 heteroatoms. The van der Waals surface area contributed by atoms with Crippen molar-refractivity contribution in [1.29, 1.82) is 0 Å². The molecule has 0 spiro atoms. The molecule has 2 aliphatic heterocycles. The van der Waals surface area contributed by atoms with Gasteiger partial charge in [0.15, 0.2) is 11.5 Å². The van der Waals surface area contributed by atoms with Crippen molar-refractivity contribution < 1.29 is 19.7 Å². The zero-order valence-electron chi connectivity index (χ0n) is 15.8. The van der Waals surface area contributed by atoms with Crippen LogP contribution in [-0.4, -0.2) is 59.4 Å². The lowest BCUT2D eigenvalue weighted by atomic mass is 9.52. The zero-order chi connectivity index (χ0) is 18.8. The number of phenols is 1. The molecule has 1 aromatic carbocycles. The number of phenolic OH excluding ortho intramolecular Hbond substituents is 1. The third kappa shape index (κ3) is 2.36. The number of methoxy groups -OCH3 is 1. The van der Waals surface area contributed by atoms with Crippen LogP contribution in [0.1, 0.15) is 43.2 Å². The average Bonchev–Trinajstić information content (AvgIpc) is 3.44. The van der Waals surface area contributed by atoms with E-state index in [0.717, 1.165) is 30.1 Å². The Labute approximate surface area is 159 Å². The minimum Gasteiger partial charge on any atom is -0.504 e. The van der Waals surface area contributed by atoms with Crippen molar-refractivity contribution in [2.45, 2.75) is 55.6 Å². The van der Waals surface area contributed by atoms with Gasteiger partial charge in [0.2, 0.25) is 5.91 Å². The van der Waals surface area contributed by atoms with Gasteiger partial charge in [0, 0.05) is 36.5 Å². The van der Waals surface area contributed by atoms with E-state index in [-0.39, 0.29) is 24.1 Å². The van der Waals surface area contributed by atoms with Crippen molar-refractivity contribution >= 4 is 5.91 Å². The van der Waals surface area contributed by atoms with Gasteiger partial charge in [-0.15, -0.1) is 0 Å². The zero-order valence-corrected chi connectivity index (χ0v) is 15.8. The number of carbonyl (C=O) groups is 1. The summed E-state index contributed by atoms with van der Waals surface area (Å²) in [6, 6.07) is 3.79. The van der Waals surface area contributed by atoms with Gasteiger partial charge in [-0.2, -0.15) is 0 Å². The minimum atomic E-state index is -1.03. The molecule has 0 aromatic heterocycles. The van der Waals surface area contributed by atoms with Crippen LogP contribution >= 0.6 is 0 Å². The quantitative estimate of drug-likeness (QED) is 0.746. The molecule has 146 valence electrons. The summed E-state index contributed by atoms with van der Waals surface area (Å²) in [6.07, 6.45) is 4.66. The highest BCUT2D eigenvalue weighted by molar-refractivity contribution is 5.79. The molecule has 2 bridgehead atoms. The monoisotopic (exact) mass is 372 g/mol. The second kappa shape index (κ2) is 5.85. The number of amides is 1. The summed E-state index contributed by atoms with van der Waals surface area (Å²) in [5.74, 6) is 1.21. The number of carbonyl (C=O) groups excluding carboxylic acids is 1. The van der Waals surface area contributed by atoms with Crippen LogP contribution < -0.4 is 10.1 Å². The minimum absolute atomic E-state index is 0.0140. The molecule has 2 aliphatic carbocycles. The molecule has 3 atom stereocenters. The first kappa shape index (κ1) is 17.3. The highest BCUT2D eigenvalue weighted by Crippen LogP contribution is 2.59. The number of ether oxygens (including phenoxy) is 1. The molecule has 3 N–H and O–H groups in total. The first-order chi connectivity index (χ1) is 13.0. The van der Waals surface area contributed by atoms with Crippen LogP contribution in [0.4, 0.5) is 0 Å². The molecule has 5 rings (SSSR count). The summed E-state index contributed by atoms with van der Waals surface area (Å²) >= 11 is 0. The van der Waals surface area contributed by atoms with Gasteiger partial charge in [-0.25, -0.2) is 0 Å². The number of rotatable bonds is 3. The van der Waals surface area contributed by atoms with Crippen LogP contribution in [0.15, 0.2) is 12.1 Å². The lowest BCUT2D eigenvalue weighted by molar-refractivity contribution is -0.154. The smallest absolute Gasteiger partial charge is 0.221 e. The summed E-state index contributed by atoms with van der Waals surface area (Å²) in [7, 11) is 1.54. The third-order valence-electron chi connectivity index (χ3n) is 7.47. The van der Waals surface area contributed by atoms with Gasteiger partial charge < -0.3 is 20.3 Å². The van der Waals surface area contributed by atoms with E-state index in [0.29, 0.717) is 31.6 Å². The Hall–Kier alpha value is -1.79. The fraction of sp³-hybridized carbons (Fsp3) is 0.667. The topological polar surface area (TPSA) is 82.0 Å².